The molecule has 0 radical (unpaired) electrons. The van der Waals surface area contributed by atoms with Crippen LogP contribution in [0, 0.1) is 6.92 Å². The topological polar surface area (TPSA) is 87.7 Å². The smallest absolute Gasteiger partial charge is 0.263 e. The van der Waals surface area contributed by atoms with Crippen LogP contribution in [0.3, 0.4) is 0 Å². The van der Waals surface area contributed by atoms with Crippen LogP contribution >= 0.6 is 22.9 Å². The molecule has 0 aliphatic heterocycles. The molecule has 0 unspecified atom stereocenters. The van der Waals surface area contributed by atoms with Crippen LogP contribution in [0.15, 0.2) is 10.5 Å². The molecule has 1 aromatic rings. The van der Waals surface area contributed by atoms with Gasteiger partial charge in [-0.05, 0) is 30.7 Å². The third kappa shape index (κ3) is 3.32. The number of oxime groups is 1. The van der Waals surface area contributed by atoms with E-state index in [2.05, 4.69) is 10.5 Å². The van der Waals surface area contributed by atoms with Gasteiger partial charge >= 0.3 is 0 Å². The van der Waals surface area contributed by atoms with Gasteiger partial charge in [0.05, 0.1) is 5.02 Å². The molecule has 2 rings (SSSR count). The van der Waals surface area contributed by atoms with Crippen molar-refractivity contribution in [3.63, 3.8) is 0 Å². The van der Waals surface area contributed by atoms with Gasteiger partial charge in [0.15, 0.2) is 5.84 Å². The summed E-state index contributed by atoms with van der Waals surface area (Å²) in [6, 6.07) is 0. The van der Waals surface area contributed by atoms with Crippen LogP contribution in [0.25, 0.3) is 0 Å². The van der Waals surface area contributed by atoms with Crippen molar-refractivity contribution in [2.24, 2.45) is 10.9 Å². The minimum absolute atomic E-state index is 0.0714. The predicted molar refractivity (Wildman–Crippen MR) is 85.4 cm³/mol. The van der Waals surface area contributed by atoms with Crippen LogP contribution in [-0.2, 0) is 0 Å². The maximum Gasteiger partial charge on any atom is 0.263 e. The summed E-state index contributed by atoms with van der Waals surface area (Å²) in [5, 5.41) is 17.5. The van der Waals surface area contributed by atoms with Gasteiger partial charge in [0.1, 0.15) is 10.4 Å². The van der Waals surface area contributed by atoms with Gasteiger partial charge in [-0.25, -0.2) is 0 Å². The Labute approximate surface area is 133 Å². The number of hydrogen-bond acceptors (Lipinski definition) is 4. The van der Waals surface area contributed by atoms with Crippen molar-refractivity contribution in [2.75, 3.05) is 0 Å². The largest absolute Gasteiger partial charge is 0.409 e. The third-order valence-electron chi connectivity index (χ3n) is 4.01. The summed E-state index contributed by atoms with van der Waals surface area (Å²) in [5.74, 6) is -0.186. The summed E-state index contributed by atoms with van der Waals surface area (Å²) < 4.78 is 0. The van der Waals surface area contributed by atoms with Crippen molar-refractivity contribution < 1.29 is 10.0 Å². The number of carbonyl (C=O) groups excluding carboxylic acids is 1. The molecule has 0 saturated heterocycles. The monoisotopic (exact) mass is 329 g/mol. The SMILES string of the molecule is Cc1csc(C(=O)NC2(C(N)=NO)CCCCCC2)c1Cl. The maximum atomic E-state index is 12.5. The first-order chi connectivity index (χ1) is 10.00. The lowest BCUT2D eigenvalue weighted by Gasteiger charge is -2.32. The molecule has 0 bridgehead atoms. The molecular weight excluding hydrogens is 310 g/mol. The van der Waals surface area contributed by atoms with E-state index >= 15 is 0 Å². The van der Waals surface area contributed by atoms with E-state index in [4.69, 9.17) is 22.5 Å². The van der Waals surface area contributed by atoms with Crippen molar-refractivity contribution in [1.82, 2.24) is 5.32 Å². The van der Waals surface area contributed by atoms with E-state index in [0.717, 1.165) is 31.2 Å². The molecule has 0 atom stereocenters. The molecule has 1 amide bonds. The molecule has 1 aliphatic rings. The third-order valence-corrected chi connectivity index (χ3v) is 5.71. The van der Waals surface area contributed by atoms with Gasteiger partial charge < -0.3 is 16.3 Å². The number of thiophene rings is 1. The molecule has 1 aromatic heterocycles. The van der Waals surface area contributed by atoms with Gasteiger partial charge in [-0.1, -0.05) is 42.4 Å². The Balaban J connectivity index is 2.26. The lowest BCUT2D eigenvalue weighted by molar-refractivity contribution is 0.0919. The van der Waals surface area contributed by atoms with Crippen LogP contribution in [0.5, 0.6) is 0 Å². The van der Waals surface area contributed by atoms with Crippen LogP contribution in [0.1, 0.15) is 53.8 Å². The quantitative estimate of drug-likeness (QED) is 0.261. The average molecular weight is 330 g/mol. The lowest BCUT2D eigenvalue weighted by atomic mass is 9.88. The maximum absolute atomic E-state index is 12.5. The molecule has 1 fully saturated rings. The number of amidine groups is 1. The highest BCUT2D eigenvalue weighted by molar-refractivity contribution is 7.13. The molecule has 0 aromatic carbocycles. The molecule has 5 nitrogen and oxygen atoms in total. The number of aryl methyl sites for hydroxylation is 1. The Hall–Kier alpha value is -1.27. The fraction of sp³-hybridized carbons (Fsp3) is 0.571. The van der Waals surface area contributed by atoms with E-state index in [0.29, 0.717) is 22.7 Å². The van der Waals surface area contributed by atoms with Gasteiger partial charge in [0.25, 0.3) is 5.91 Å². The zero-order chi connectivity index (χ0) is 15.5. The Morgan fingerprint density at radius 3 is 2.52 bits per heavy atom. The molecular formula is C14H20ClN3O2S. The molecule has 0 spiro atoms. The summed E-state index contributed by atoms with van der Waals surface area (Å²) in [4.78, 5) is 13.0. The van der Waals surface area contributed by atoms with E-state index in [1.54, 1.807) is 0 Å². The normalized spacial score (nSPS) is 19.0. The summed E-state index contributed by atoms with van der Waals surface area (Å²) >= 11 is 7.46. The number of nitrogens with two attached hydrogens (primary N) is 1. The van der Waals surface area contributed by atoms with Crippen LogP contribution < -0.4 is 11.1 Å². The average Bonchev–Trinajstić information content (AvgIpc) is 2.69. The number of amides is 1. The van der Waals surface area contributed by atoms with Crippen molar-refractivity contribution in [2.45, 2.75) is 51.0 Å². The van der Waals surface area contributed by atoms with Gasteiger partial charge in [-0.15, -0.1) is 11.3 Å². The fourth-order valence-corrected chi connectivity index (χ4v) is 3.90. The number of carbonyl (C=O) groups is 1. The molecule has 7 heteroatoms. The van der Waals surface area contributed by atoms with Gasteiger partial charge in [0.2, 0.25) is 0 Å². The van der Waals surface area contributed by atoms with E-state index in [1.165, 1.54) is 11.3 Å². The minimum atomic E-state index is -0.774. The van der Waals surface area contributed by atoms with Crippen molar-refractivity contribution >= 4 is 34.7 Å². The molecule has 116 valence electrons. The number of halogens is 1. The Kier molecular flexibility index (Phi) is 5.11. The second-order valence-corrected chi connectivity index (χ2v) is 6.76. The predicted octanol–water partition coefficient (Wildman–Crippen LogP) is 3.28. The zero-order valence-corrected chi connectivity index (χ0v) is 13.6. The Morgan fingerprint density at radius 1 is 1.43 bits per heavy atom. The van der Waals surface area contributed by atoms with E-state index in [1.807, 2.05) is 12.3 Å². The molecule has 21 heavy (non-hydrogen) atoms. The number of nitrogens with one attached hydrogen (secondary N) is 1. The molecule has 1 aliphatic carbocycles. The highest BCUT2D eigenvalue weighted by Gasteiger charge is 2.38. The minimum Gasteiger partial charge on any atom is -0.409 e. The second-order valence-electron chi connectivity index (χ2n) is 5.50. The molecule has 1 heterocycles. The van der Waals surface area contributed by atoms with Crippen LogP contribution in [-0.4, -0.2) is 22.5 Å². The second kappa shape index (κ2) is 6.66. The number of nitrogens with zero attached hydrogens (tertiary/aromatic N) is 1. The van der Waals surface area contributed by atoms with Crippen LogP contribution in [0.4, 0.5) is 0 Å². The van der Waals surface area contributed by atoms with Crippen molar-refractivity contribution in [3.8, 4) is 0 Å². The zero-order valence-electron chi connectivity index (χ0n) is 12.0. The molecule has 4 N–H and O–H groups in total. The summed E-state index contributed by atoms with van der Waals surface area (Å²) in [6.45, 7) is 1.86. The Bertz CT molecular complexity index is 548. The first-order valence-corrected chi connectivity index (χ1v) is 8.30. The highest BCUT2D eigenvalue weighted by atomic mass is 35.5. The van der Waals surface area contributed by atoms with E-state index < -0.39 is 5.54 Å². The standard InChI is InChI=1S/C14H20ClN3O2S/c1-9-8-21-11(10(9)15)12(19)17-14(13(16)18-20)6-4-2-3-5-7-14/h8,20H,2-7H2,1H3,(H2,16,18)(H,17,19). The first-order valence-electron chi connectivity index (χ1n) is 7.04. The fourth-order valence-electron chi connectivity index (χ4n) is 2.73. The molecule has 1 saturated carbocycles. The summed E-state index contributed by atoms with van der Waals surface area (Å²) in [5.41, 5.74) is 5.98. The summed E-state index contributed by atoms with van der Waals surface area (Å²) in [7, 11) is 0. The van der Waals surface area contributed by atoms with Gasteiger partial charge in [0, 0.05) is 0 Å². The van der Waals surface area contributed by atoms with E-state index in [-0.39, 0.29) is 11.7 Å². The first kappa shape index (κ1) is 16.1. The van der Waals surface area contributed by atoms with Crippen molar-refractivity contribution in [1.29, 1.82) is 0 Å². The Morgan fingerprint density at radius 2 is 2.05 bits per heavy atom. The summed E-state index contributed by atoms with van der Waals surface area (Å²) in [6.07, 6.45) is 5.42. The van der Waals surface area contributed by atoms with E-state index in [9.17, 15) is 4.79 Å². The number of rotatable bonds is 3. The highest BCUT2D eigenvalue weighted by Crippen LogP contribution is 2.31. The lowest BCUT2D eigenvalue weighted by Crippen LogP contribution is -2.57. The van der Waals surface area contributed by atoms with Crippen LogP contribution in [0.2, 0.25) is 5.02 Å². The van der Waals surface area contributed by atoms with Crippen molar-refractivity contribution in [3.05, 3.63) is 20.8 Å². The van der Waals surface area contributed by atoms with Gasteiger partial charge in [-0.3, -0.25) is 4.79 Å². The number of hydrogen-bond donors (Lipinski definition) is 3. The van der Waals surface area contributed by atoms with Gasteiger partial charge in [-0.2, -0.15) is 0 Å².